The molecular weight excluding hydrogens is 310 g/mol. The maximum Gasteiger partial charge on any atom is 0.271 e. The van der Waals surface area contributed by atoms with Crippen LogP contribution < -0.4 is 5.56 Å². The molecule has 6 heteroatoms. The minimum atomic E-state index is -0.240. The highest BCUT2D eigenvalue weighted by Gasteiger charge is 2.36. The molecule has 23 heavy (non-hydrogen) atoms. The first-order chi connectivity index (χ1) is 11.3. The van der Waals surface area contributed by atoms with E-state index in [1.165, 1.54) is 54.0 Å². The summed E-state index contributed by atoms with van der Waals surface area (Å²) in [6.07, 6.45) is 11.6. The Morgan fingerprint density at radius 2 is 2.00 bits per heavy atom. The van der Waals surface area contributed by atoms with Gasteiger partial charge in [-0.15, -0.1) is 11.3 Å². The van der Waals surface area contributed by atoms with Crippen molar-refractivity contribution in [2.75, 3.05) is 6.54 Å². The summed E-state index contributed by atoms with van der Waals surface area (Å²) < 4.78 is 1.48. The maximum atomic E-state index is 13.0. The summed E-state index contributed by atoms with van der Waals surface area (Å²) in [4.78, 5) is 32.4. The average molecular weight is 331 g/mol. The zero-order chi connectivity index (χ0) is 15.8. The number of nitrogens with zero attached hydrogens (tertiary/aromatic N) is 3. The van der Waals surface area contributed by atoms with Crippen molar-refractivity contribution < 1.29 is 4.79 Å². The third kappa shape index (κ3) is 2.59. The smallest absolute Gasteiger partial charge is 0.271 e. The van der Waals surface area contributed by atoms with Gasteiger partial charge in [-0.1, -0.05) is 19.3 Å². The molecule has 1 aliphatic heterocycles. The summed E-state index contributed by atoms with van der Waals surface area (Å²) in [6, 6.07) is 0.311. The monoisotopic (exact) mass is 331 g/mol. The van der Waals surface area contributed by atoms with Gasteiger partial charge in [0.05, 0.1) is 0 Å². The van der Waals surface area contributed by atoms with Crippen molar-refractivity contribution in [2.45, 2.75) is 51.0 Å². The normalized spacial score (nSPS) is 22.8. The van der Waals surface area contributed by atoms with Crippen molar-refractivity contribution in [3.05, 3.63) is 33.7 Å². The number of carbonyl (C=O) groups excluding carboxylic acids is 1. The van der Waals surface area contributed by atoms with Crippen LogP contribution in [0, 0.1) is 5.92 Å². The Bertz CT molecular complexity index is 775. The van der Waals surface area contributed by atoms with E-state index in [-0.39, 0.29) is 17.0 Å². The van der Waals surface area contributed by atoms with E-state index in [0.29, 0.717) is 16.9 Å². The van der Waals surface area contributed by atoms with Crippen LogP contribution in [0.4, 0.5) is 0 Å². The van der Waals surface area contributed by atoms with Crippen LogP contribution in [0.2, 0.25) is 0 Å². The van der Waals surface area contributed by atoms with Crippen molar-refractivity contribution in [2.24, 2.45) is 5.92 Å². The first kappa shape index (κ1) is 14.9. The Hall–Kier alpha value is -1.69. The molecule has 0 N–H and O–H groups in total. The minimum Gasteiger partial charge on any atom is -0.335 e. The lowest BCUT2D eigenvalue weighted by Crippen LogP contribution is -2.42. The molecule has 2 aromatic heterocycles. The molecule has 4 rings (SSSR count). The van der Waals surface area contributed by atoms with Gasteiger partial charge in [0.25, 0.3) is 11.5 Å². The van der Waals surface area contributed by atoms with Crippen molar-refractivity contribution in [3.63, 3.8) is 0 Å². The molecule has 1 aliphatic carbocycles. The second-order valence-electron chi connectivity index (χ2n) is 6.64. The molecule has 1 saturated carbocycles. The first-order valence-corrected chi connectivity index (χ1v) is 9.39. The van der Waals surface area contributed by atoms with E-state index in [0.717, 1.165) is 19.4 Å². The quantitative estimate of drug-likeness (QED) is 0.850. The summed E-state index contributed by atoms with van der Waals surface area (Å²) in [5.74, 6) is 0.479. The SMILES string of the molecule is O=C(c1cnc2sccn2c1=O)N1CCCC1C1CCCCC1. The molecule has 1 saturated heterocycles. The molecule has 0 bridgehead atoms. The molecule has 2 aliphatic rings. The van der Waals surface area contributed by atoms with Crippen LogP contribution in [-0.4, -0.2) is 32.8 Å². The van der Waals surface area contributed by atoms with E-state index in [4.69, 9.17) is 0 Å². The van der Waals surface area contributed by atoms with Gasteiger partial charge in [-0.3, -0.25) is 14.0 Å². The fourth-order valence-electron chi connectivity index (χ4n) is 4.18. The molecule has 1 atom stereocenters. The van der Waals surface area contributed by atoms with Crippen LogP contribution in [0.1, 0.15) is 55.3 Å². The largest absolute Gasteiger partial charge is 0.335 e. The molecule has 1 unspecified atom stereocenters. The van der Waals surface area contributed by atoms with E-state index < -0.39 is 0 Å². The van der Waals surface area contributed by atoms with Crippen molar-refractivity contribution in [1.29, 1.82) is 0 Å². The third-order valence-corrected chi connectivity index (χ3v) is 6.10. The highest BCUT2D eigenvalue weighted by atomic mass is 32.1. The Morgan fingerprint density at radius 1 is 1.17 bits per heavy atom. The highest BCUT2D eigenvalue weighted by molar-refractivity contribution is 7.15. The molecule has 0 aromatic carbocycles. The van der Waals surface area contributed by atoms with Gasteiger partial charge in [-0.05, 0) is 31.6 Å². The first-order valence-electron chi connectivity index (χ1n) is 8.51. The van der Waals surface area contributed by atoms with Gasteiger partial charge in [0.2, 0.25) is 0 Å². The molecule has 1 amide bonds. The summed E-state index contributed by atoms with van der Waals surface area (Å²) in [7, 11) is 0. The minimum absolute atomic E-state index is 0.129. The Morgan fingerprint density at radius 3 is 2.83 bits per heavy atom. The van der Waals surface area contributed by atoms with Crippen LogP contribution in [0.15, 0.2) is 22.6 Å². The molecule has 122 valence electrons. The molecule has 2 fully saturated rings. The summed E-state index contributed by atoms with van der Waals surface area (Å²) >= 11 is 1.40. The molecule has 0 spiro atoms. The summed E-state index contributed by atoms with van der Waals surface area (Å²) in [5, 5.41) is 1.82. The molecule has 0 radical (unpaired) electrons. The van der Waals surface area contributed by atoms with Gasteiger partial charge in [0.1, 0.15) is 5.56 Å². The predicted molar refractivity (Wildman–Crippen MR) is 90.0 cm³/mol. The van der Waals surface area contributed by atoms with E-state index in [1.54, 1.807) is 6.20 Å². The second kappa shape index (κ2) is 6.07. The van der Waals surface area contributed by atoms with Crippen molar-refractivity contribution in [1.82, 2.24) is 14.3 Å². The lowest BCUT2D eigenvalue weighted by atomic mass is 9.83. The van der Waals surface area contributed by atoms with Gasteiger partial charge in [0.15, 0.2) is 4.96 Å². The molecule has 2 aromatic rings. The standard InChI is InChI=1S/C17H21N3O2S/c21-15(13-11-18-17-20(16(13)22)9-10-23-17)19-8-4-7-14(19)12-5-2-1-3-6-12/h9-12,14H,1-8H2. The third-order valence-electron chi connectivity index (χ3n) is 5.33. The number of rotatable bonds is 2. The fraction of sp³-hybridized carbons (Fsp3) is 0.588. The van der Waals surface area contributed by atoms with Gasteiger partial charge in [0, 0.05) is 30.4 Å². The lowest BCUT2D eigenvalue weighted by molar-refractivity contribution is 0.0659. The van der Waals surface area contributed by atoms with Gasteiger partial charge < -0.3 is 4.90 Å². The van der Waals surface area contributed by atoms with E-state index >= 15 is 0 Å². The van der Waals surface area contributed by atoms with E-state index in [1.807, 2.05) is 10.3 Å². The molecule has 5 nitrogen and oxygen atoms in total. The van der Waals surface area contributed by atoms with Gasteiger partial charge in [-0.25, -0.2) is 4.98 Å². The number of thiazole rings is 1. The van der Waals surface area contributed by atoms with Crippen LogP contribution in [-0.2, 0) is 0 Å². The van der Waals surface area contributed by atoms with Crippen LogP contribution in [0.3, 0.4) is 0 Å². The number of hydrogen-bond donors (Lipinski definition) is 0. The predicted octanol–water partition coefficient (Wildman–Crippen LogP) is 2.94. The number of carbonyl (C=O) groups is 1. The number of fused-ring (bicyclic) bond motifs is 1. The highest BCUT2D eigenvalue weighted by Crippen LogP contribution is 2.34. The Labute approximate surface area is 139 Å². The average Bonchev–Trinajstić information content (AvgIpc) is 3.25. The van der Waals surface area contributed by atoms with Crippen molar-refractivity contribution >= 4 is 22.2 Å². The Kier molecular flexibility index (Phi) is 3.93. The van der Waals surface area contributed by atoms with E-state index in [2.05, 4.69) is 4.98 Å². The van der Waals surface area contributed by atoms with Crippen LogP contribution in [0.25, 0.3) is 4.96 Å². The zero-order valence-corrected chi connectivity index (χ0v) is 13.9. The topological polar surface area (TPSA) is 54.7 Å². The maximum absolute atomic E-state index is 13.0. The summed E-state index contributed by atoms with van der Waals surface area (Å²) in [6.45, 7) is 0.770. The van der Waals surface area contributed by atoms with Crippen molar-refractivity contribution in [3.8, 4) is 0 Å². The van der Waals surface area contributed by atoms with Gasteiger partial charge in [-0.2, -0.15) is 0 Å². The second-order valence-corrected chi connectivity index (χ2v) is 7.51. The van der Waals surface area contributed by atoms with E-state index in [9.17, 15) is 9.59 Å². The number of hydrogen-bond acceptors (Lipinski definition) is 4. The van der Waals surface area contributed by atoms with Gasteiger partial charge >= 0.3 is 0 Å². The van der Waals surface area contributed by atoms with Crippen LogP contribution >= 0.6 is 11.3 Å². The molecule has 3 heterocycles. The van der Waals surface area contributed by atoms with Crippen LogP contribution in [0.5, 0.6) is 0 Å². The zero-order valence-electron chi connectivity index (χ0n) is 13.1. The lowest BCUT2D eigenvalue weighted by Gasteiger charge is -2.34. The fourth-order valence-corrected chi connectivity index (χ4v) is 4.85. The number of aromatic nitrogens is 2. The Balaban J connectivity index is 1.63. The summed E-state index contributed by atoms with van der Waals surface area (Å²) in [5.41, 5.74) is -0.0286. The number of amides is 1. The number of likely N-dealkylation sites (tertiary alicyclic amines) is 1. The molecular formula is C17H21N3O2S.